The van der Waals surface area contributed by atoms with E-state index in [0.717, 1.165) is 10.9 Å². The summed E-state index contributed by atoms with van der Waals surface area (Å²) in [7, 11) is -2.17. The molecule has 0 atom stereocenters. The number of primary sulfonamides is 1. The molecule has 1 amide bonds. The molecule has 10 heteroatoms. The number of hydrogen-bond acceptors (Lipinski definition) is 6. The number of para-hydroxylation sites is 1. The molecular weight excluding hydrogens is 404 g/mol. The van der Waals surface area contributed by atoms with Crippen LogP contribution in [-0.4, -0.2) is 35.9 Å². The van der Waals surface area contributed by atoms with Crippen LogP contribution >= 0.6 is 0 Å². The van der Waals surface area contributed by atoms with Gasteiger partial charge in [0.1, 0.15) is 5.82 Å². The van der Waals surface area contributed by atoms with E-state index in [2.05, 4.69) is 20.6 Å². The Bertz CT molecular complexity index is 1350. The normalized spacial score (nSPS) is 11.4. The number of anilines is 2. The van der Waals surface area contributed by atoms with E-state index in [4.69, 9.17) is 5.14 Å². The summed E-state index contributed by atoms with van der Waals surface area (Å²) in [5.41, 5.74) is 1.97. The van der Waals surface area contributed by atoms with E-state index < -0.39 is 10.0 Å². The highest BCUT2D eigenvalue weighted by molar-refractivity contribution is 7.89. The lowest BCUT2D eigenvalue weighted by molar-refractivity contribution is 0.0964. The van der Waals surface area contributed by atoms with Crippen LogP contribution < -0.4 is 15.8 Å². The lowest BCUT2D eigenvalue weighted by atomic mass is 10.2. The second-order valence-electron chi connectivity index (χ2n) is 6.44. The van der Waals surface area contributed by atoms with Crippen LogP contribution in [0.2, 0.25) is 0 Å². The lowest BCUT2D eigenvalue weighted by Gasteiger charge is -2.08. The van der Waals surface area contributed by atoms with Crippen molar-refractivity contribution in [2.75, 3.05) is 12.4 Å². The predicted octanol–water partition coefficient (Wildman–Crippen LogP) is 2.17. The molecule has 0 saturated heterocycles. The average Bonchev–Trinajstić information content (AvgIpc) is 3.13. The molecule has 152 valence electrons. The number of nitrogens with two attached hydrogens (primary N) is 1. The van der Waals surface area contributed by atoms with Crippen LogP contribution in [0.4, 0.5) is 11.6 Å². The van der Waals surface area contributed by atoms with Gasteiger partial charge in [0, 0.05) is 30.5 Å². The maximum absolute atomic E-state index is 12.3. The maximum Gasteiger partial charge on any atom is 0.253 e. The monoisotopic (exact) mass is 422 g/mol. The molecule has 4 N–H and O–H groups in total. The molecule has 0 fully saturated rings. The number of fused-ring (bicyclic) bond motifs is 1. The minimum absolute atomic E-state index is 0.0169. The van der Waals surface area contributed by atoms with E-state index in [-0.39, 0.29) is 10.8 Å². The number of rotatable bonds is 5. The molecule has 4 rings (SSSR count). The highest BCUT2D eigenvalue weighted by Gasteiger charge is 2.15. The minimum atomic E-state index is -3.76. The Labute approximate surface area is 172 Å². The molecule has 9 nitrogen and oxygen atoms in total. The number of benzene rings is 2. The number of nitrogens with one attached hydrogen (secondary N) is 2. The summed E-state index contributed by atoms with van der Waals surface area (Å²) in [6.45, 7) is 0. The molecule has 2 heterocycles. The third-order valence-electron chi connectivity index (χ3n) is 4.51. The molecule has 0 bridgehead atoms. The molecule has 0 aliphatic rings. The number of amides is 1. The number of carbonyl (C=O) groups is 1. The van der Waals surface area contributed by atoms with Crippen molar-refractivity contribution < 1.29 is 13.2 Å². The number of hydrogen-bond donors (Lipinski definition) is 3. The number of sulfonamides is 1. The van der Waals surface area contributed by atoms with E-state index >= 15 is 0 Å². The lowest BCUT2D eigenvalue weighted by Crippen LogP contribution is -2.17. The fourth-order valence-electron chi connectivity index (χ4n) is 3.09. The number of nitrogens with zero attached hydrogens (tertiary/aromatic N) is 3. The summed E-state index contributed by atoms with van der Waals surface area (Å²) < 4.78 is 24.6. The van der Waals surface area contributed by atoms with Gasteiger partial charge in [0.25, 0.3) is 5.91 Å². The van der Waals surface area contributed by atoms with Gasteiger partial charge in [-0.2, -0.15) is 4.98 Å². The molecule has 0 aliphatic carbocycles. The van der Waals surface area contributed by atoms with Crippen LogP contribution in [0, 0.1) is 0 Å². The molecule has 0 aliphatic heterocycles. The van der Waals surface area contributed by atoms with Crippen molar-refractivity contribution in [3.63, 3.8) is 0 Å². The van der Waals surface area contributed by atoms with E-state index in [9.17, 15) is 13.2 Å². The third-order valence-corrected chi connectivity index (χ3v) is 5.44. The Morgan fingerprint density at radius 1 is 1.07 bits per heavy atom. The quantitative estimate of drug-likeness (QED) is 0.452. The van der Waals surface area contributed by atoms with Crippen LogP contribution in [0.3, 0.4) is 0 Å². The van der Waals surface area contributed by atoms with E-state index in [1.807, 2.05) is 28.8 Å². The van der Waals surface area contributed by atoms with E-state index in [1.54, 1.807) is 37.6 Å². The smallest absolute Gasteiger partial charge is 0.253 e. The maximum atomic E-state index is 12.3. The van der Waals surface area contributed by atoms with Gasteiger partial charge < -0.3 is 15.2 Å². The number of carbonyl (C=O) groups excluding carboxylic acids is 1. The summed E-state index contributed by atoms with van der Waals surface area (Å²) in [5.74, 6) is 0.697. The predicted molar refractivity (Wildman–Crippen MR) is 113 cm³/mol. The van der Waals surface area contributed by atoms with Crippen LogP contribution in [0.1, 0.15) is 10.4 Å². The minimum Gasteiger partial charge on any atom is -0.355 e. The first kappa shape index (κ1) is 19.6. The fourth-order valence-corrected chi connectivity index (χ4v) is 3.60. The van der Waals surface area contributed by atoms with Crippen molar-refractivity contribution in [1.82, 2.24) is 19.9 Å². The van der Waals surface area contributed by atoms with Crippen LogP contribution in [0.15, 0.2) is 71.9 Å². The SMILES string of the molecule is CNC(=O)c1cn(-c2ccnc(Nc3ccc(S(N)(=O)=O)cc3)n2)c2ccccc12. The summed E-state index contributed by atoms with van der Waals surface area (Å²) in [6.07, 6.45) is 3.33. The van der Waals surface area contributed by atoms with Gasteiger partial charge in [0.15, 0.2) is 0 Å². The van der Waals surface area contributed by atoms with Crippen molar-refractivity contribution in [1.29, 1.82) is 0 Å². The summed E-state index contributed by atoms with van der Waals surface area (Å²) >= 11 is 0. The van der Waals surface area contributed by atoms with Gasteiger partial charge >= 0.3 is 0 Å². The van der Waals surface area contributed by atoms with Gasteiger partial charge in [-0.25, -0.2) is 18.5 Å². The largest absolute Gasteiger partial charge is 0.355 e. The molecule has 2 aromatic heterocycles. The zero-order chi connectivity index (χ0) is 21.3. The molecule has 30 heavy (non-hydrogen) atoms. The summed E-state index contributed by atoms with van der Waals surface area (Å²) in [5, 5.41) is 11.6. The van der Waals surface area contributed by atoms with Gasteiger partial charge in [-0.05, 0) is 36.4 Å². The van der Waals surface area contributed by atoms with E-state index in [1.165, 1.54) is 12.1 Å². The molecular formula is C20H18N6O3S. The second-order valence-corrected chi connectivity index (χ2v) is 8.00. The van der Waals surface area contributed by atoms with Crippen LogP contribution in [0.25, 0.3) is 16.7 Å². The molecule has 0 radical (unpaired) electrons. The van der Waals surface area contributed by atoms with E-state index in [0.29, 0.717) is 23.0 Å². The average molecular weight is 422 g/mol. The van der Waals surface area contributed by atoms with Crippen molar-refractivity contribution in [2.45, 2.75) is 4.90 Å². The van der Waals surface area contributed by atoms with Gasteiger partial charge in [0.05, 0.1) is 16.0 Å². The van der Waals surface area contributed by atoms with Crippen LogP contribution in [0.5, 0.6) is 0 Å². The van der Waals surface area contributed by atoms with Gasteiger partial charge in [-0.3, -0.25) is 4.79 Å². The first-order valence-electron chi connectivity index (χ1n) is 8.92. The zero-order valence-electron chi connectivity index (χ0n) is 15.9. The van der Waals surface area contributed by atoms with Crippen molar-refractivity contribution >= 4 is 38.5 Å². The standard InChI is InChI=1S/C20H18N6O3S/c1-22-19(27)16-12-26(17-5-3-2-4-15(16)17)18-10-11-23-20(25-18)24-13-6-8-14(9-7-13)30(21,28)29/h2-12H,1H3,(H,22,27)(H2,21,28,29)(H,23,24,25). The van der Waals surface area contributed by atoms with Gasteiger partial charge in [-0.1, -0.05) is 18.2 Å². The third kappa shape index (κ3) is 3.73. The first-order chi connectivity index (χ1) is 14.4. The Balaban J connectivity index is 1.70. The van der Waals surface area contributed by atoms with Gasteiger partial charge in [0.2, 0.25) is 16.0 Å². The molecule has 0 unspecified atom stereocenters. The highest BCUT2D eigenvalue weighted by atomic mass is 32.2. The molecule has 4 aromatic rings. The fraction of sp³-hybridized carbons (Fsp3) is 0.0500. The first-order valence-corrected chi connectivity index (χ1v) is 10.5. The molecule has 0 spiro atoms. The number of aromatic nitrogens is 3. The Morgan fingerprint density at radius 2 is 1.80 bits per heavy atom. The van der Waals surface area contributed by atoms with Gasteiger partial charge in [-0.15, -0.1) is 0 Å². The Kier molecular flexibility index (Phi) is 4.94. The highest BCUT2D eigenvalue weighted by Crippen LogP contribution is 2.25. The Hall–Kier alpha value is -3.76. The van der Waals surface area contributed by atoms with Crippen molar-refractivity contribution in [2.24, 2.45) is 5.14 Å². The second kappa shape index (κ2) is 7.58. The van der Waals surface area contributed by atoms with Crippen molar-refractivity contribution in [3.8, 4) is 5.82 Å². The molecule has 0 saturated carbocycles. The molecule has 2 aromatic carbocycles. The topological polar surface area (TPSA) is 132 Å². The van der Waals surface area contributed by atoms with Crippen LogP contribution in [-0.2, 0) is 10.0 Å². The Morgan fingerprint density at radius 3 is 2.50 bits per heavy atom. The summed E-state index contributed by atoms with van der Waals surface area (Å²) in [6, 6.07) is 15.2. The zero-order valence-corrected chi connectivity index (χ0v) is 16.7. The summed E-state index contributed by atoms with van der Waals surface area (Å²) in [4.78, 5) is 21.0. The van der Waals surface area contributed by atoms with Crippen molar-refractivity contribution in [3.05, 3.63) is 72.6 Å².